The molecule has 15 N–H and O–H groups in total. The first-order valence-corrected chi connectivity index (χ1v) is 38.6. The molecule has 6 aromatic heterocycles. The SMILES string of the molecule is CC(C)(C)c1nc(-c2ccc(OC/C(=C/F)CN)cc2)n[nH]1.Cc1nc(-c2ccc(OC/C(=C/F)CN)cc2)no1.Cn1ncc(-c2ccc(OC/C(=C/F)CN)cc2)n1.NC/C(=C\F)COc1ccc(-c2n[nH]c(C(F)(F)F)n2)cc1.NC/C(=C\F)COc1ccc(-c2n[nH]c(C3CC3)n2)cc1.NC/C(=C\F)COc1ccc(-c2noc3ccccc23)cc1. The van der Waals surface area contributed by atoms with Gasteiger partial charge in [-0.3, -0.25) is 15.3 Å². The maximum absolute atomic E-state index is 12.4. The summed E-state index contributed by atoms with van der Waals surface area (Å²) in [4.78, 5) is 18.0. The van der Waals surface area contributed by atoms with Crippen LogP contribution in [-0.2, 0) is 18.6 Å². The lowest BCUT2D eigenvalue weighted by Crippen LogP contribution is -2.13. The summed E-state index contributed by atoms with van der Waals surface area (Å²) in [5.41, 5.74) is 41.6. The Kier molecular flexibility index (Phi) is 36.5. The molecule has 0 unspecified atom stereocenters. The highest BCUT2D eigenvalue weighted by Gasteiger charge is 2.35. The van der Waals surface area contributed by atoms with Crippen LogP contribution in [0.3, 0.4) is 0 Å². The molecule has 0 aliphatic heterocycles. The molecule has 0 radical (unpaired) electrons. The Morgan fingerprint density at radius 2 is 0.752 bits per heavy atom. The molecule has 125 heavy (non-hydrogen) atoms. The van der Waals surface area contributed by atoms with Crippen LogP contribution in [0.5, 0.6) is 34.5 Å². The van der Waals surface area contributed by atoms with E-state index in [1.807, 2.05) is 102 Å². The minimum atomic E-state index is -4.58. The molecular formula is C87H94F9N21O8. The van der Waals surface area contributed by atoms with E-state index in [1.54, 1.807) is 68.7 Å². The second-order valence-electron chi connectivity index (χ2n) is 28.2. The molecule has 0 spiro atoms. The summed E-state index contributed by atoms with van der Waals surface area (Å²) in [6.07, 6.45) is 2.26. The van der Waals surface area contributed by atoms with Gasteiger partial charge >= 0.3 is 6.18 Å². The van der Waals surface area contributed by atoms with E-state index in [-0.39, 0.29) is 95.7 Å². The smallest absolute Gasteiger partial charge is 0.451 e. The van der Waals surface area contributed by atoms with Gasteiger partial charge in [-0.1, -0.05) is 43.2 Å². The Balaban J connectivity index is 0.000000170. The molecule has 658 valence electrons. The van der Waals surface area contributed by atoms with Crippen molar-refractivity contribution in [1.82, 2.24) is 75.8 Å². The molecule has 38 heteroatoms. The zero-order chi connectivity index (χ0) is 89.7. The summed E-state index contributed by atoms with van der Waals surface area (Å²) < 4.78 is 154. The number of nitrogens with one attached hydrogen (secondary N) is 3. The molecule has 1 saturated carbocycles. The number of hydrogen-bond acceptors (Lipinski definition) is 25. The molecule has 0 saturated heterocycles. The summed E-state index contributed by atoms with van der Waals surface area (Å²) in [6, 6.07) is 50.3. The number of fused-ring (bicyclic) bond motifs is 1. The van der Waals surface area contributed by atoms with Crippen molar-refractivity contribution in [2.75, 3.05) is 78.9 Å². The molecule has 1 aliphatic carbocycles. The quantitative estimate of drug-likeness (QED) is 0.0182. The van der Waals surface area contributed by atoms with Gasteiger partial charge in [-0.25, -0.2) is 41.3 Å². The maximum Gasteiger partial charge on any atom is 0.451 e. The van der Waals surface area contributed by atoms with Crippen molar-refractivity contribution < 1.29 is 77.0 Å². The van der Waals surface area contributed by atoms with Gasteiger partial charge in [-0.2, -0.15) is 48.4 Å². The van der Waals surface area contributed by atoms with Crippen LogP contribution in [0.4, 0.5) is 39.5 Å². The van der Waals surface area contributed by atoms with E-state index in [2.05, 4.69) is 86.7 Å². The van der Waals surface area contributed by atoms with Crippen LogP contribution >= 0.6 is 0 Å². The van der Waals surface area contributed by atoms with E-state index in [0.29, 0.717) is 135 Å². The fourth-order valence-corrected chi connectivity index (χ4v) is 10.3. The Labute approximate surface area is 712 Å². The van der Waals surface area contributed by atoms with Crippen molar-refractivity contribution in [2.24, 2.45) is 41.4 Å². The molecule has 0 bridgehead atoms. The molecule has 0 atom stereocenters. The van der Waals surface area contributed by atoms with Gasteiger partial charge in [0.05, 0.1) is 44.2 Å². The second kappa shape index (κ2) is 48.1. The van der Waals surface area contributed by atoms with Crippen molar-refractivity contribution >= 4 is 11.0 Å². The first-order valence-electron chi connectivity index (χ1n) is 38.6. The van der Waals surface area contributed by atoms with Crippen molar-refractivity contribution in [3.8, 4) is 103 Å². The third kappa shape index (κ3) is 29.7. The molecule has 29 nitrogen and oxygen atoms in total. The van der Waals surface area contributed by atoms with Crippen molar-refractivity contribution in [2.45, 2.75) is 58.0 Å². The molecule has 1 fully saturated rings. The van der Waals surface area contributed by atoms with Crippen LogP contribution in [0.1, 0.15) is 62.9 Å². The zero-order valence-corrected chi connectivity index (χ0v) is 68.7. The molecule has 1 aliphatic rings. The van der Waals surface area contributed by atoms with Gasteiger partial charge in [-0.05, 0) is 171 Å². The van der Waals surface area contributed by atoms with Gasteiger partial charge in [-0.15, -0.1) is 0 Å². The number of H-pyrrole nitrogens is 3. The van der Waals surface area contributed by atoms with Crippen LogP contribution in [0.2, 0.25) is 0 Å². The molecule has 0 amide bonds. The van der Waals surface area contributed by atoms with Crippen molar-refractivity contribution in [3.05, 3.63) is 271 Å². The molecule has 7 aromatic carbocycles. The Hall–Kier alpha value is -13.9. The number of alkyl halides is 3. The van der Waals surface area contributed by atoms with Gasteiger partial charge in [0.15, 0.2) is 23.1 Å². The highest BCUT2D eigenvalue weighted by atomic mass is 19.4. The van der Waals surface area contributed by atoms with Crippen molar-refractivity contribution in [3.63, 3.8) is 0 Å². The fourth-order valence-electron chi connectivity index (χ4n) is 10.3. The van der Waals surface area contributed by atoms with Gasteiger partial charge in [0.1, 0.15) is 97.2 Å². The minimum absolute atomic E-state index is 0.00871. The Morgan fingerprint density at radius 3 is 1.06 bits per heavy atom. The van der Waals surface area contributed by atoms with Crippen molar-refractivity contribution in [1.29, 1.82) is 0 Å². The third-order valence-electron chi connectivity index (χ3n) is 17.7. The normalized spacial score (nSPS) is 12.6. The lowest BCUT2D eigenvalue weighted by atomic mass is 9.96. The Bertz CT molecular complexity index is 5410. The van der Waals surface area contributed by atoms with E-state index in [1.165, 1.54) is 41.9 Å². The number of benzene rings is 7. The summed E-state index contributed by atoms with van der Waals surface area (Å²) in [5.74, 6) is 7.11. The maximum atomic E-state index is 12.4. The summed E-state index contributed by atoms with van der Waals surface area (Å²) >= 11 is 0. The van der Waals surface area contributed by atoms with E-state index in [9.17, 15) is 39.5 Å². The van der Waals surface area contributed by atoms with Gasteiger partial charge in [0.25, 0.3) is 0 Å². The van der Waals surface area contributed by atoms with Gasteiger partial charge in [0, 0.05) is 137 Å². The topological polar surface area (TPSA) is 432 Å². The van der Waals surface area contributed by atoms with E-state index in [0.717, 1.165) is 61.8 Å². The molecule has 6 heterocycles. The first kappa shape index (κ1) is 94.9. The molecule has 14 rings (SSSR count). The largest absolute Gasteiger partial charge is 0.489 e. The number of hydrogen-bond donors (Lipinski definition) is 9. The van der Waals surface area contributed by atoms with Crippen LogP contribution in [-0.4, -0.2) is 155 Å². The van der Waals surface area contributed by atoms with E-state index < -0.39 is 12.0 Å². The predicted molar refractivity (Wildman–Crippen MR) is 454 cm³/mol. The number of rotatable bonds is 31. The summed E-state index contributed by atoms with van der Waals surface area (Å²) in [7, 11) is 1.76. The standard InChI is InChI=1S/C17H15FN2O2.C16H21FN4O.C15H17FN4O.C13H12F4N4O.C13H15FN4O.C13H14FN3O2/c18-9-12(10-19)11-21-14-7-5-13(6-8-14)17-15-3-1-2-4-16(15)22-20-17;1-16(2,3)15-19-14(20-21-15)12-4-6-13(7-5-12)22-10-11(8-17)9-18;16-7-10(8-17)9-21-13-5-3-12(4-6-13)15-18-14(19-20-15)11-1-2-11;14-5-8(6-18)7-22-10-3-1-9(2-4-10)11-19-12(21-20-11)13(15,16)17;1-18-16-8-13(17-18)11-2-4-12(5-3-11)19-9-10(6-14)7-15;1-9-16-13(17-19-9)11-2-4-12(5-3-11)18-8-10(6-14)7-15/h1-9H,10-11,19H2;4-8H,9-10,18H2,1-3H3,(H,19,20,21);3-7,11H,1-2,8-9,17H2,(H,18,19,20);1-5H,6-7,18H2,(H,19,20,21);2-6,8H,7,9,15H2,1H3;2-6H,7-8,15H2,1H3/b12-9+;11-8+;10-7+;8-5+;2*10-6+. The third-order valence-corrected chi connectivity index (χ3v) is 17.7. The van der Waals surface area contributed by atoms with Crippen LogP contribution in [0, 0.1) is 6.92 Å². The lowest BCUT2D eigenvalue weighted by molar-refractivity contribution is -0.144. The summed E-state index contributed by atoms with van der Waals surface area (Å²) in [5, 5.41) is 36.8. The predicted octanol–water partition coefficient (Wildman–Crippen LogP) is 15.8. The molecular weight excluding hydrogens is 1640 g/mol. The number of nitrogens with zero attached hydrogens (tertiary/aromatic N) is 12. The number of halogens is 9. The first-order chi connectivity index (χ1) is 60.4. The zero-order valence-electron chi connectivity index (χ0n) is 68.7. The second-order valence-corrected chi connectivity index (χ2v) is 28.2. The number of aryl methyl sites for hydroxylation is 2. The number of para-hydroxylation sites is 1. The highest BCUT2D eigenvalue weighted by molar-refractivity contribution is 5.91. The number of nitrogens with two attached hydrogens (primary N) is 6. The van der Waals surface area contributed by atoms with Crippen LogP contribution in [0.15, 0.2) is 257 Å². The van der Waals surface area contributed by atoms with Gasteiger partial charge < -0.3 is 71.9 Å². The molecule has 13 aromatic rings. The Morgan fingerprint density at radius 1 is 0.416 bits per heavy atom. The lowest BCUT2D eigenvalue weighted by Gasteiger charge is -2.12. The summed E-state index contributed by atoms with van der Waals surface area (Å²) in [6.45, 7) is 9.39. The number of aromatic nitrogens is 15. The minimum Gasteiger partial charge on any atom is -0.489 e. The van der Waals surface area contributed by atoms with E-state index >= 15 is 0 Å². The van der Waals surface area contributed by atoms with Crippen LogP contribution < -0.4 is 62.8 Å². The van der Waals surface area contributed by atoms with E-state index in [4.69, 9.17) is 71.9 Å². The average molecular weight is 1730 g/mol. The van der Waals surface area contributed by atoms with Crippen LogP contribution in [0.25, 0.3) is 79.0 Å². The number of aromatic amines is 3. The monoisotopic (exact) mass is 1730 g/mol. The highest BCUT2D eigenvalue weighted by Crippen LogP contribution is 2.39. The number of ether oxygens (including phenoxy) is 6. The fraction of sp³-hybridized carbons (Fsp3) is 0.253. The van der Waals surface area contributed by atoms with Gasteiger partial charge in [0.2, 0.25) is 17.5 Å². The average Bonchev–Trinajstić information content (AvgIpc) is 1.69.